The molecule has 1 N–H and O–H groups in total. The van der Waals surface area contributed by atoms with Gasteiger partial charge >= 0.3 is 0 Å². The first-order valence-electron chi connectivity index (χ1n) is 8.22. The molecule has 1 atom stereocenters. The van der Waals surface area contributed by atoms with Gasteiger partial charge in [0.15, 0.2) is 17.1 Å². The minimum atomic E-state index is -0.321. The Balaban J connectivity index is 1.67. The quantitative estimate of drug-likeness (QED) is 0.365. The second kappa shape index (κ2) is 9.80. The summed E-state index contributed by atoms with van der Waals surface area (Å²) in [7, 11) is 0. The predicted molar refractivity (Wildman–Crippen MR) is 113 cm³/mol. The highest BCUT2D eigenvalue weighted by Gasteiger charge is 2.20. The summed E-state index contributed by atoms with van der Waals surface area (Å²) >= 11 is 5.96. The van der Waals surface area contributed by atoms with E-state index < -0.39 is 0 Å². The van der Waals surface area contributed by atoms with E-state index in [1.807, 2.05) is 35.8 Å². The van der Waals surface area contributed by atoms with E-state index in [1.54, 1.807) is 11.6 Å². The molecule has 0 spiro atoms. The molecular formula is C17H17BrN6O2S2. The first kappa shape index (κ1) is 20.5. The van der Waals surface area contributed by atoms with Gasteiger partial charge in [0.2, 0.25) is 11.0 Å². The van der Waals surface area contributed by atoms with Crippen molar-refractivity contribution in [1.82, 2.24) is 25.0 Å². The Hall–Kier alpha value is -2.24. The zero-order valence-corrected chi connectivity index (χ0v) is 18.1. The first-order valence-corrected chi connectivity index (χ1v) is 10.9. The van der Waals surface area contributed by atoms with Crippen LogP contribution in [0.2, 0.25) is 0 Å². The Morgan fingerprint density at radius 1 is 1.39 bits per heavy atom. The van der Waals surface area contributed by atoms with Crippen LogP contribution in [-0.2, 0) is 11.3 Å². The van der Waals surface area contributed by atoms with Crippen molar-refractivity contribution < 1.29 is 9.53 Å². The molecule has 0 saturated carbocycles. The van der Waals surface area contributed by atoms with Crippen LogP contribution in [0.4, 0.5) is 5.13 Å². The minimum Gasteiger partial charge on any atom is -0.483 e. The number of aromatic nitrogens is 5. The number of amides is 1. The summed E-state index contributed by atoms with van der Waals surface area (Å²) in [6.07, 6.45) is 1.43. The van der Waals surface area contributed by atoms with Gasteiger partial charge in [0, 0.05) is 11.0 Å². The highest BCUT2D eigenvalue weighted by atomic mass is 79.9. The van der Waals surface area contributed by atoms with Gasteiger partial charge in [-0.15, -0.1) is 27.0 Å². The van der Waals surface area contributed by atoms with Crippen LogP contribution in [0, 0.1) is 0 Å². The van der Waals surface area contributed by atoms with Crippen LogP contribution in [0.3, 0.4) is 0 Å². The molecule has 1 amide bonds. The summed E-state index contributed by atoms with van der Waals surface area (Å²) in [6.45, 7) is 6.21. The summed E-state index contributed by atoms with van der Waals surface area (Å²) < 4.78 is 8.84. The number of ether oxygens (including phenoxy) is 1. The first-order chi connectivity index (χ1) is 13.6. The molecule has 3 aromatic rings. The minimum absolute atomic E-state index is 0.177. The number of anilines is 1. The fourth-order valence-corrected chi connectivity index (χ4v) is 3.77. The van der Waals surface area contributed by atoms with E-state index >= 15 is 0 Å². The standard InChI is InChI=1S/C17H17BrN6O2S2/c1-3-8-24-15(11(2)26-13-6-4-12(18)5-7-13)21-23-17(24)27-9-14(25)20-16-22-19-10-28-16/h3-7,10-11H,1,8-9H2,2H3,(H,20,22,25). The van der Waals surface area contributed by atoms with Crippen LogP contribution in [0.5, 0.6) is 5.75 Å². The molecule has 1 aromatic carbocycles. The van der Waals surface area contributed by atoms with Gasteiger partial charge in [0.1, 0.15) is 11.3 Å². The van der Waals surface area contributed by atoms with Gasteiger partial charge in [-0.25, -0.2) is 0 Å². The van der Waals surface area contributed by atoms with Crippen molar-refractivity contribution in [3.8, 4) is 5.75 Å². The van der Waals surface area contributed by atoms with Crippen LogP contribution in [0.1, 0.15) is 18.9 Å². The summed E-state index contributed by atoms with van der Waals surface area (Å²) in [6, 6.07) is 7.58. The van der Waals surface area contributed by atoms with Crippen molar-refractivity contribution in [1.29, 1.82) is 0 Å². The largest absolute Gasteiger partial charge is 0.483 e. The van der Waals surface area contributed by atoms with E-state index in [9.17, 15) is 4.79 Å². The molecule has 0 bridgehead atoms. The number of nitrogens with zero attached hydrogens (tertiary/aromatic N) is 5. The molecule has 0 saturated heterocycles. The van der Waals surface area contributed by atoms with Gasteiger partial charge in [0.05, 0.1) is 5.75 Å². The van der Waals surface area contributed by atoms with Gasteiger partial charge in [-0.05, 0) is 31.2 Å². The molecular weight excluding hydrogens is 464 g/mol. The van der Waals surface area contributed by atoms with Crippen LogP contribution >= 0.6 is 39.0 Å². The second-order valence-electron chi connectivity index (χ2n) is 5.53. The molecule has 0 aliphatic heterocycles. The Kier molecular flexibility index (Phi) is 7.18. The molecule has 2 aromatic heterocycles. The van der Waals surface area contributed by atoms with Gasteiger partial charge in [0.25, 0.3) is 0 Å². The van der Waals surface area contributed by atoms with Crippen LogP contribution in [-0.4, -0.2) is 36.6 Å². The maximum absolute atomic E-state index is 12.1. The molecule has 0 radical (unpaired) electrons. The Bertz CT molecular complexity index is 930. The SMILES string of the molecule is C=CCn1c(SCC(=O)Nc2nncs2)nnc1C(C)Oc1ccc(Br)cc1. The third-order valence-electron chi connectivity index (χ3n) is 3.49. The van der Waals surface area contributed by atoms with E-state index in [0.717, 1.165) is 10.2 Å². The van der Waals surface area contributed by atoms with Gasteiger partial charge < -0.3 is 4.74 Å². The number of thioether (sulfide) groups is 1. The fraction of sp³-hybridized carbons (Fsp3) is 0.235. The van der Waals surface area contributed by atoms with Gasteiger partial charge in [-0.3, -0.25) is 14.7 Å². The van der Waals surface area contributed by atoms with Crippen molar-refractivity contribution in [3.63, 3.8) is 0 Å². The highest BCUT2D eigenvalue weighted by Crippen LogP contribution is 2.26. The number of halogens is 1. The van der Waals surface area contributed by atoms with Crippen molar-refractivity contribution in [2.75, 3.05) is 11.1 Å². The van der Waals surface area contributed by atoms with Gasteiger partial charge in [-0.1, -0.05) is 45.1 Å². The molecule has 28 heavy (non-hydrogen) atoms. The van der Waals surface area contributed by atoms with Crippen molar-refractivity contribution in [2.24, 2.45) is 0 Å². The predicted octanol–water partition coefficient (Wildman–Crippen LogP) is 3.95. The molecule has 2 heterocycles. The summed E-state index contributed by atoms with van der Waals surface area (Å²) in [5.41, 5.74) is 1.56. The average molecular weight is 481 g/mol. The lowest BCUT2D eigenvalue weighted by Gasteiger charge is -2.15. The number of benzene rings is 1. The lowest BCUT2D eigenvalue weighted by molar-refractivity contribution is -0.113. The Labute approximate surface area is 178 Å². The van der Waals surface area contributed by atoms with Crippen LogP contribution < -0.4 is 10.1 Å². The maximum Gasteiger partial charge on any atom is 0.236 e. The Morgan fingerprint density at radius 3 is 2.86 bits per heavy atom. The average Bonchev–Trinajstić information content (AvgIpc) is 3.32. The second-order valence-corrected chi connectivity index (χ2v) is 8.23. The lowest BCUT2D eigenvalue weighted by Crippen LogP contribution is -2.15. The normalized spacial score (nSPS) is 11.8. The zero-order valence-electron chi connectivity index (χ0n) is 14.9. The van der Waals surface area contributed by atoms with Crippen molar-refractivity contribution in [3.05, 3.63) is 52.7 Å². The highest BCUT2D eigenvalue weighted by molar-refractivity contribution is 9.10. The van der Waals surface area contributed by atoms with Crippen LogP contribution in [0.25, 0.3) is 0 Å². The lowest BCUT2D eigenvalue weighted by atomic mass is 10.3. The Morgan fingerprint density at radius 2 is 2.18 bits per heavy atom. The molecule has 0 aliphatic carbocycles. The topological polar surface area (TPSA) is 94.8 Å². The molecule has 0 aliphatic rings. The molecule has 11 heteroatoms. The van der Waals surface area contributed by atoms with Crippen molar-refractivity contribution in [2.45, 2.75) is 24.7 Å². The fourth-order valence-electron chi connectivity index (χ4n) is 2.29. The molecule has 8 nitrogen and oxygen atoms in total. The third-order valence-corrected chi connectivity index (χ3v) is 5.59. The molecule has 146 valence electrons. The monoisotopic (exact) mass is 480 g/mol. The maximum atomic E-state index is 12.1. The van der Waals surface area contributed by atoms with Crippen LogP contribution in [0.15, 0.2) is 52.1 Å². The number of rotatable bonds is 9. The van der Waals surface area contributed by atoms with Crippen molar-refractivity contribution >= 4 is 50.1 Å². The number of hydrogen-bond acceptors (Lipinski definition) is 8. The van der Waals surface area contributed by atoms with E-state index in [4.69, 9.17) is 4.74 Å². The third kappa shape index (κ3) is 5.40. The molecule has 1 unspecified atom stereocenters. The van der Waals surface area contributed by atoms with E-state index in [0.29, 0.717) is 22.7 Å². The molecule has 3 rings (SSSR count). The summed E-state index contributed by atoms with van der Waals surface area (Å²) in [5.74, 6) is 1.39. The number of carbonyl (C=O) groups is 1. The number of nitrogens with one attached hydrogen (secondary N) is 1. The number of hydrogen-bond donors (Lipinski definition) is 1. The van der Waals surface area contributed by atoms with E-state index in [2.05, 4.69) is 48.2 Å². The van der Waals surface area contributed by atoms with E-state index in [1.165, 1.54) is 23.1 Å². The summed E-state index contributed by atoms with van der Waals surface area (Å²) in [4.78, 5) is 12.1. The zero-order chi connectivity index (χ0) is 19.9. The number of allylic oxidation sites excluding steroid dienone is 1. The van der Waals surface area contributed by atoms with Gasteiger partial charge in [-0.2, -0.15) is 0 Å². The molecule has 0 fully saturated rings. The smallest absolute Gasteiger partial charge is 0.236 e. The van der Waals surface area contributed by atoms with E-state index in [-0.39, 0.29) is 17.8 Å². The summed E-state index contributed by atoms with van der Waals surface area (Å²) in [5, 5.41) is 19.7. The number of carbonyl (C=O) groups excluding carboxylic acids is 1.